The highest BCUT2D eigenvalue weighted by Crippen LogP contribution is 2.24. The molecule has 3 heterocycles. The molecule has 0 unspecified atom stereocenters. The van der Waals surface area contributed by atoms with Crippen molar-refractivity contribution < 1.29 is 9.53 Å². The molecule has 2 N–H and O–H groups in total. The average molecular weight is 406 g/mol. The number of likely N-dealkylation sites (N-methyl/N-ethyl adjacent to an activating group) is 1. The SMILES string of the molecule is COCCN(C)c1cnn([C@H]2CCCN(Cc3cc(C(N)=O)cs3)C2)c(=O)c1. The number of methoxy groups -OCH3 is 1. The lowest BCUT2D eigenvalue weighted by atomic mass is 10.1. The predicted octanol–water partition coefficient (Wildman–Crippen LogP) is 1.32. The molecule has 0 radical (unpaired) electrons. The van der Waals surface area contributed by atoms with Crippen molar-refractivity contribution in [2.24, 2.45) is 5.73 Å². The molecule has 0 aromatic carbocycles. The van der Waals surface area contributed by atoms with Gasteiger partial charge in [-0.05, 0) is 25.5 Å². The van der Waals surface area contributed by atoms with Crippen molar-refractivity contribution in [1.29, 1.82) is 0 Å². The van der Waals surface area contributed by atoms with Crippen molar-refractivity contribution in [2.75, 3.05) is 45.3 Å². The van der Waals surface area contributed by atoms with E-state index in [2.05, 4.69) is 10.00 Å². The van der Waals surface area contributed by atoms with E-state index in [0.717, 1.165) is 43.0 Å². The maximum Gasteiger partial charge on any atom is 0.269 e. The molecule has 1 saturated heterocycles. The number of amides is 1. The van der Waals surface area contributed by atoms with Crippen molar-refractivity contribution >= 4 is 22.9 Å². The molecule has 0 spiro atoms. The summed E-state index contributed by atoms with van der Waals surface area (Å²) in [5.74, 6) is -0.398. The Hall–Kier alpha value is -2.23. The summed E-state index contributed by atoms with van der Waals surface area (Å²) in [5, 5.41) is 6.23. The Kier molecular flexibility index (Phi) is 6.82. The number of hydrogen-bond acceptors (Lipinski definition) is 7. The fourth-order valence-corrected chi connectivity index (χ4v) is 4.35. The number of thiophene rings is 1. The fraction of sp³-hybridized carbons (Fsp3) is 0.526. The Morgan fingerprint density at radius 1 is 1.46 bits per heavy atom. The highest BCUT2D eigenvalue weighted by atomic mass is 32.1. The smallest absolute Gasteiger partial charge is 0.269 e. The Labute approximate surface area is 168 Å². The number of hydrogen-bond donors (Lipinski definition) is 1. The van der Waals surface area contributed by atoms with Gasteiger partial charge in [0.25, 0.3) is 5.56 Å². The number of piperidine rings is 1. The van der Waals surface area contributed by atoms with Gasteiger partial charge in [0, 0.05) is 50.1 Å². The first-order valence-electron chi connectivity index (χ1n) is 9.36. The summed E-state index contributed by atoms with van der Waals surface area (Å²) in [6, 6.07) is 3.54. The van der Waals surface area contributed by atoms with Crippen molar-refractivity contribution in [3.05, 3.63) is 44.5 Å². The molecule has 0 aliphatic carbocycles. The zero-order valence-corrected chi connectivity index (χ0v) is 17.2. The minimum atomic E-state index is -0.398. The Balaban J connectivity index is 1.66. The van der Waals surface area contributed by atoms with Gasteiger partial charge < -0.3 is 15.4 Å². The van der Waals surface area contributed by atoms with Gasteiger partial charge in [0.2, 0.25) is 5.91 Å². The molecule has 152 valence electrons. The number of carbonyl (C=O) groups excluding carboxylic acids is 1. The molecule has 2 aromatic heterocycles. The Morgan fingerprint density at radius 2 is 2.29 bits per heavy atom. The van der Waals surface area contributed by atoms with Crippen LogP contribution in [0.4, 0.5) is 5.69 Å². The van der Waals surface area contributed by atoms with E-state index in [1.807, 2.05) is 18.0 Å². The van der Waals surface area contributed by atoms with E-state index in [1.165, 1.54) is 0 Å². The number of anilines is 1. The normalized spacial score (nSPS) is 17.6. The fourth-order valence-electron chi connectivity index (χ4n) is 3.44. The minimum Gasteiger partial charge on any atom is -0.383 e. The van der Waals surface area contributed by atoms with Gasteiger partial charge in [-0.15, -0.1) is 11.3 Å². The van der Waals surface area contributed by atoms with Crippen LogP contribution >= 0.6 is 11.3 Å². The second kappa shape index (κ2) is 9.31. The highest BCUT2D eigenvalue weighted by molar-refractivity contribution is 7.10. The molecule has 28 heavy (non-hydrogen) atoms. The first-order valence-corrected chi connectivity index (χ1v) is 10.2. The maximum atomic E-state index is 12.6. The summed E-state index contributed by atoms with van der Waals surface area (Å²) in [7, 11) is 3.58. The van der Waals surface area contributed by atoms with Crippen LogP contribution in [0.2, 0.25) is 0 Å². The third-order valence-corrected chi connectivity index (χ3v) is 5.95. The molecular formula is C19H27N5O3S. The summed E-state index contributed by atoms with van der Waals surface area (Å²) >= 11 is 1.54. The van der Waals surface area contributed by atoms with Gasteiger partial charge in [-0.2, -0.15) is 5.10 Å². The van der Waals surface area contributed by atoms with E-state index < -0.39 is 5.91 Å². The van der Waals surface area contributed by atoms with E-state index in [4.69, 9.17) is 10.5 Å². The molecule has 0 bridgehead atoms. The predicted molar refractivity (Wildman–Crippen MR) is 110 cm³/mol. The molecule has 2 aromatic rings. The van der Waals surface area contributed by atoms with Gasteiger partial charge in [0.1, 0.15) is 0 Å². The summed E-state index contributed by atoms with van der Waals surface area (Å²) < 4.78 is 6.68. The van der Waals surface area contributed by atoms with Crippen LogP contribution in [0.3, 0.4) is 0 Å². The lowest BCUT2D eigenvalue weighted by Crippen LogP contribution is -2.40. The van der Waals surface area contributed by atoms with Crippen molar-refractivity contribution in [2.45, 2.75) is 25.4 Å². The molecule has 1 fully saturated rings. The van der Waals surface area contributed by atoms with Crippen molar-refractivity contribution in [1.82, 2.24) is 14.7 Å². The van der Waals surface area contributed by atoms with Crippen molar-refractivity contribution in [3.8, 4) is 0 Å². The second-order valence-electron chi connectivity index (χ2n) is 7.11. The van der Waals surface area contributed by atoms with Gasteiger partial charge in [0.15, 0.2) is 0 Å². The lowest BCUT2D eigenvalue weighted by Gasteiger charge is -2.32. The number of carbonyl (C=O) groups is 1. The van der Waals surface area contributed by atoms with E-state index in [9.17, 15) is 9.59 Å². The molecule has 1 aliphatic heterocycles. The molecule has 8 nitrogen and oxygen atoms in total. The molecule has 3 rings (SSSR count). The van der Waals surface area contributed by atoms with E-state index in [0.29, 0.717) is 18.7 Å². The maximum absolute atomic E-state index is 12.6. The standard InChI is InChI=1S/C19H27N5O3S/c1-22(6-7-27-2)16-9-18(25)24(21-10-16)15-4-3-5-23(11-15)12-17-8-14(13-28-17)19(20)26/h8-10,13,15H,3-7,11-12H2,1-2H3,(H2,20,26)/t15-/m0/s1. The summed E-state index contributed by atoms with van der Waals surface area (Å²) in [4.78, 5) is 29.3. The van der Waals surface area contributed by atoms with Crippen LogP contribution in [-0.2, 0) is 11.3 Å². The third-order valence-electron chi connectivity index (χ3n) is 5.03. The number of nitrogens with zero attached hydrogens (tertiary/aromatic N) is 4. The number of rotatable bonds is 8. The average Bonchev–Trinajstić information content (AvgIpc) is 3.15. The summed E-state index contributed by atoms with van der Waals surface area (Å²) in [6.45, 7) is 3.77. The Morgan fingerprint density at radius 3 is 2.96 bits per heavy atom. The molecule has 9 heteroatoms. The van der Waals surface area contributed by atoms with Crippen LogP contribution in [0.25, 0.3) is 0 Å². The van der Waals surface area contributed by atoms with Gasteiger partial charge in [-0.25, -0.2) is 4.68 Å². The van der Waals surface area contributed by atoms with Crippen LogP contribution in [0.15, 0.2) is 28.5 Å². The quantitative estimate of drug-likeness (QED) is 0.712. The highest BCUT2D eigenvalue weighted by Gasteiger charge is 2.23. The van der Waals surface area contributed by atoms with Crippen LogP contribution in [0.1, 0.15) is 34.1 Å². The van der Waals surface area contributed by atoms with Crippen LogP contribution in [0, 0.1) is 0 Å². The summed E-state index contributed by atoms with van der Waals surface area (Å²) in [6.07, 6.45) is 3.68. The van der Waals surface area contributed by atoms with Gasteiger partial charge in [0.05, 0.1) is 30.1 Å². The van der Waals surface area contributed by atoms with E-state index in [-0.39, 0.29) is 11.6 Å². The number of nitrogens with two attached hydrogens (primary N) is 1. The first kappa shape index (κ1) is 20.5. The topological polar surface area (TPSA) is 93.7 Å². The lowest BCUT2D eigenvalue weighted by molar-refractivity contribution is 0.100. The van der Waals surface area contributed by atoms with Crippen LogP contribution < -0.4 is 16.2 Å². The van der Waals surface area contributed by atoms with E-state index >= 15 is 0 Å². The second-order valence-corrected chi connectivity index (χ2v) is 8.10. The molecule has 1 amide bonds. The molecule has 0 saturated carbocycles. The van der Waals surface area contributed by atoms with Crippen molar-refractivity contribution in [3.63, 3.8) is 0 Å². The largest absolute Gasteiger partial charge is 0.383 e. The van der Waals surface area contributed by atoms with Crippen LogP contribution in [-0.4, -0.2) is 61.0 Å². The Bertz CT molecular complexity index is 865. The number of primary amides is 1. The summed E-state index contributed by atoms with van der Waals surface area (Å²) in [5.41, 5.74) is 6.60. The van der Waals surface area contributed by atoms with Crippen LogP contribution in [0.5, 0.6) is 0 Å². The molecule has 1 atom stereocenters. The zero-order valence-electron chi connectivity index (χ0n) is 16.3. The molecular weight excluding hydrogens is 378 g/mol. The number of ether oxygens (including phenoxy) is 1. The number of aromatic nitrogens is 2. The number of likely N-dealkylation sites (tertiary alicyclic amines) is 1. The zero-order chi connectivity index (χ0) is 20.1. The minimum absolute atomic E-state index is 0.0511. The van der Waals surface area contributed by atoms with Gasteiger partial charge in [-0.3, -0.25) is 14.5 Å². The third kappa shape index (κ3) is 4.98. The monoisotopic (exact) mass is 405 g/mol. The van der Waals surface area contributed by atoms with Gasteiger partial charge in [-0.1, -0.05) is 0 Å². The van der Waals surface area contributed by atoms with Gasteiger partial charge >= 0.3 is 0 Å². The van der Waals surface area contributed by atoms with E-state index in [1.54, 1.807) is 40.8 Å². The molecule has 1 aliphatic rings. The first-order chi connectivity index (χ1) is 13.5.